The molecule has 1 fully saturated rings. The van der Waals surface area contributed by atoms with Crippen LogP contribution in [0.15, 0.2) is 30.5 Å². The van der Waals surface area contributed by atoms with Crippen LogP contribution in [0.1, 0.15) is 43.4 Å². The Labute approximate surface area is 118 Å². The molecule has 3 nitrogen and oxygen atoms in total. The lowest BCUT2D eigenvalue weighted by Crippen LogP contribution is -2.17. The zero-order valence-electron chi connectivity index (χ0n) is 11.8. The predicted molar refractivity (Wildman–Crippen MR) is 77.5 cm³/mol. The Morgan fingerprint density at radius 3 is 2.95 bits per heavy atom. The second-order valence-electron chi connectivity index (χ2n) is 5.37. The van der Waals surface area contributed by atoms with Gasteiger partial charge in [-0.15, -0.1) is 0 Å². The second-order valence-corrected chi connectivity index (χ2v) is 5.37. The normalized spacial score (nSPS) is 14.7. The first-order valence-electron chi connectivity index (χ1n) is 7.33. The van der Waals surface area contributed by atoms with Crippen LogP contribution in [0.4, 0.5) is 4.39 Å². The molecule has 1 aromatic heterocycles. The van der Waals surface area contributed by atoms with Gasteiger partial charge in [-0.25, -0.2) is 9.07 Å². The Balaban J connectivity index is 1.88. The van der Waals surface area contributed by atoms with E-state index in [4.69, 9.17) is 0 Å². The van der Waals surface area contributed by atoms with Crippen molar-refractivity contribution in [1.29, 1.82) is 0 Å². The van der Waals surface area contributed by atoms with Crippen molar-refractivity contribution < 1.29 is 4.39 Å². The van der Waals surface area contributed by atoms with Crippen molar-refractivity contribution in [1.82, 2.24) is 15.1 Å². The summed E-state index contributed by atoms with van der Waals surface area (Å²) in [5.41, 5.74) is 2.65. The molecule has 1 N–H and O–H groups in total. The average Bonchev–Trinajstić information content (AvgIpc) is 3.19. The van der Waals surface area contributed by atoms with E-state index in [0.717, 1.165) is 24.3 Å². The molecule has 0 radical (unpaired) electrons. The summed E-state index contributed by atoms with van der Waals surface area (Å²) in [4.78, 5) is 0. The molecule has 4 heteroatoms. The quantitative estimate of drug-likeness (QED) is 0.818. The molecule has 3 rings (SSSR count). The molecular formula is C16H20FN3. The van der Waals surface area contributed by atoms with Gasteiger partial charge in [0.1, 0.15) is 5.82 Å². The summed E-state index contributed by atoms with van der Waals surface area (Å²) in [6.45, 7) is 3.53. The van der Waals surface area contributed by atoms with Crippen molar-refractivity contribution >= 4 is 0 Å². The molecule has 1 heterocycles. The van der Waals surface area contributed by atoms with E-state index in [9.17, 15) is 4.39 Å². The van der Waals surface area contributed by atoms with E-state index in [-0.39, 0.29) is 5.82 Å². The largest absolute Gasteiger partial charge is 0.312 e. The van der Waals surface area contributed by atoms with E-state index in [0.29, 0.717) is 18.0 Å². The summed E-state index contributed by atoms with van der Waals surface area (Å²) in [6.07, 6.45) is 5.43. The molecule has 0 bridgehead atoms. The maximum Gasteiger partial charge on any atom is 0.129 e. The number of nitrogens with one attached hydrogen (secondary N) is 1. The van der Waals surface area contributed by atoms with E-state index in [1.54, 1.807) is 10.7 Å². The molecule has 2 aromatic rings. The molecule has 0 aliphatic heterocycles. The summed E-state index contributed by atoms with van der Waals surface area (Å²) in [7, 11) is 0. The summed E-state index contributed by atoms with van der Waals surface area (Å²) >= 11 is 0. The first-order chi connectivity index (χ1) is 9.79. The zero-order valence-corrected chi connectivity index (χ0v) is 11.8. The van der Waals surface area contributed by atoms with Gasteiger partial charge in [0.05, 0.1) is 11.4 Å². The zero-order chi connectivity index (χ0) is 13.9. The minimum absolute atomic E-state index is 0.172. The third kappa shape index (κ3) is 2.75. The van der Waals surface area contributed by atoms with Crippen LogP contribution < -0.4 is 5.32 Å². The highest BCUT2D eigenvalue weighted by Crippen LogP contribution is 2.39. The third-order valence-electron chi connectivity index (χ3n) is 3.67. The fraction of sp³-hybridized carbons (Fsp3) is 0.438. The van der Waals surface area contributed by atoms with Crippen LogP contribution in [0.3, 0.4) is 0 Å². The van der Waals surface area contributed by atoms with Crippen molar-refractivity contribution in [2.45, 2.75) is 38.6 Å². The molecule has 0 spiro atoms. The van der Waals surface area contributed by atoms with Crippen LogP contribution in [0, 0.1) is 5.82 Å². The molecular weight excluding hydrogens is 253 g/mol. The lowest BCUT2D eigenvalue weighted by Gasteiger charge is -2.11. The van der Waals surface area contributed by atoms with Crippen molar-refractivity contribution in [3.05, 3.63) is 47.5 Å². The second kappa shape index (κ2) is 5.75. The number of hydrogen-bond donors (Lipinski definition) is 1. The molecule has 0 unspecified atom stereocenters. The Bertz CT molecular complexity index is 587. The van der Waals surface area contributed by atoms with Crippen LogP contribution in [0.25, 0.3) is 5.69 Å². The predicted octanol–water partition coefficient (Wildman–Crippen LogP) is 3.39. The number of aromatic nitrogens is 2. The molecule has 106 valence electrons. The lowest BCUT2D eigenvalue weighted by atomic mass is 10.1. The fourth-order valence-electron chi connectivity index (χ4n) is 2.40. The van der Waals surface area contributed by atoms with Crippen molar-refractivity contribution in [3.63, 3.8) is 0 Å². The standard InChI is InChI=1S/C16H20FN3/c1-2-9-18-11-13-14(17)4-3-5-16(13)20-10-8-15(19-20)12-6-7-12/h3-5,8,10,12,18H,2,6-7,9,11H2,1H3. The smallest absolute Gasteiger partial charge is 0.129 e. The van der Waals surface area contributed by atoms with Crippen molar-refractivity contribution in [2.75, 3.05) is 6.54 Å². The number of nitrogens with zero attached hydrogens (tertiary/aromatic N) is 2. The van der Waals surface area contributed by atoms with Gasteiger partial charge in [0, 0.05) is 24.2 Å². The maximum atomic E-state index is 14.1. The van der Waals surface area contributed by atoms with E-state index in [2.05, 4.69) is 17.3 Å². The maximum absolute atomic E-state index is 14.1. The molecule has 1 saturated carbocycles. The Morgan fingerprint density at radius 1 is 1.35 bits per heavy atom. The number of hydrogen-bond acceptors (Lipinski definition) is 2. The Hall–Kier alpha value is -1.68. The minimum atomic E-state index is -0.172. The highest BCUT2D eigenvalue weighted by molar-refractivity contribution is 5.41. The first kappa shape index (κ1) is 13.3. The van der Waals surface area contributed by atoms with E-state index in [1.807, 2.05) is 18.3 Å². The Kier molecular flexibility index (Phi) is 3.83. The number of rotatable bonds is 6. The van der Waals surface area contributed by atoms with Crippen LogP contribution in [-0.2, 0) is 6.54 Å². The molecule has 0 saturated heterocycles. The van der Waals surface area contributed by atoms with Gasteiger partial charge in [0.15, 0.2) is 0 Å². The summed E-state index contributed by atoms with van der Waals surface area (Å²) in [5, 5.41) is 7.86. The SMILES string of the molecule is CCCNCc1c(F)cccc1-n1ccc(C2CC2)n1. The van der Waals surface area contributed by atoms with E-state index in [1.165, 1.54) is 18.9 Å². The summed E-state index contributed by atoms with van der Waals surface area (Å²) in [5.74, 6) is 0.445. The fourth-order valence-corrected chi connectivity index (χ4v) is 2.40. The van der Waals surface area contributed by atoms with Gasteiger partial charge in [-0.05, 0) is 44.0 Å². The van der Waals surface area contributed by atoms with Crippen LogP contribution in [0.5, 0.6) is 0 Å². The van der Waals surface area contributed by atoms with E-state index < -0.39 is 0 Å². The van der Waals surface area contributed by atoms with Crippen molar-refractivity contribution in [3.8, 4) is 5.69 Å². The van der Waals surface area contributed by atoms with Gasteiger partial charge in [0.2, 0.25) is 0 Å². The molecule has 20 heavy (non-hydrogen) atoms. The van der Waals surface area contributed by atoms with Crippen LogP contribution >= 0.6 is 0 Å². The van der Waals surface area contributed by atoms with Gasteiger partial charge in [-0.3, -0.25) is 0 Å². The summed E-state index contributed by atoms with van der Waals surface area (Å²) < 4.78 is 15.9. The molecule has 1 aromatic carbocycles. The number of halogens is 1. The Morgan fingerprint density at radius 2 is 2.20 bits per heavy atom. The van der Waals surface area contributed by atoms with Crippen LogP contribution in [0.2, 0.25) is 0 Å². The van der Waals surface area contributed by atoms with Crippen LogP contribution in [-0.4, -0.2) is 16.3 Å². The first-order valence-corrected chi connectivity index (χ1v) is 7.33. The highest BCUT2D eigenvalue weighted by Gasteiger charge is 2.26. The van der Waals surface area contributed by atoms with Gasteiger partial charge < -0.3 is 5.32 Å². The average molecular weight is 273 g/mol. The minimum Gasteiger partial charge on any atom is -0.312 e. The monoisotopic (exact) mass is 273 g/mol. The van der Waals surface area contributed by atoms with Gasteiger partial charge in [-0.1, -0.05) is 13.0 Å². The molecule has 1 aliphatic rings. The molecule has 1 aliphatic carbocycles. The molecule has 0 amide bonds. The topological polar surface area (TPSA) is 29.9 Å². The van der Waals surface area contributed by atoms with Gasteiger partial charge in [-0.2, -0.15) is 5.10 Å². The van der Waals surface area contributed by atoms with E-state index >= 15 is 0 Å². The highest BCUT2D eigenvalue weighted by atomic mass is 19.1. The van der Waals surface area contributed by atoms with Gasteiger partial charge in [0.25, 0.3) is 0 Å². The summed E-state index contributed by atoms with van der Waals surface area (Å²) in [6, 6.07) is 7.23. The van der Waals surface area contributed by atoms with Crippen molar-refractivity contribution in [2.24, 2.45) is 0 Å². The van der Waals surface area contributed by atoms with Gasteiger partial charge >= 0.3 is 0 Å². The number of benzene rings is 1. The third-order valence-corrected chi connectivity index (χ3v) is 3.67. The molecule has 0 atom stereocenters. The lowest BCUT2D eigenvalue weighted by molar-refractivity contribution is 0.582.